The second-order valence-electron chi connectivity index (χ2n) is 4.40. The van der Waals surface area contributed by atoms with Crippen molar-refractivity contribution in [3.05, 3.63) is 24.0 Å². The van der Waals surface area contributed by atoms with E-state index in [2.05, 4.69) is 0 Å². The maximum atomic E-state index is 13.3. The van der Waals surface area contributed by atoms with Crippen molar-refractivity contribution in [2.75, 3.05) is 18.6 Å². The van der Waals surface area contributed by atoms with Gasteiger partial charge in [0.1, 0.15) is 0 Å². The summed E-state index contributed by atoms with van der Waals surface area (Å²) in [7, 11) is 1.33. The fraction of sp³-hybridized carbons (Fsp3) is 0.385. The zero-order valence-electron chi connectivity index (χ0n) is 10.4. The van der Waals surface area contributed by atoms with E-state index in [-0.39, 0.29) is 24.6 Å². The number of carbonyl (C=O) groups excluding carboxylic acids is 1. The van der Waals surface area contributed by atoms with Crippen LogP contribution in [-0.4, -0.2) is 30.6 Å². The molecule has 6 heteroatoms. The third kappa shape index (κ3) is 2.67. The molecule has 0 spiro atoms. The Bertz CT molecular complexity index is 517. The SMILES string of the molecule is COc1cc(N2CC(C(=O)O)CCC2=O)ccc1F. The van der Waals surface area contributed by atoms with Gasteiger partial charge in [-0.25, -0.2) is 4.39 Å². The summed E-state index contributed by atoms with van der Waals surface area (Å²) in [5, 5.41) is 9.01. The van der Waals surface area contributed by atoms with Gasteiger partial charge < -0.3 is 14.7 Å². The minimum atomic E-state index is -0.924. The first-order valence-electron chi connectivity index (χ1n) is 5.89. The Kier molecular flexibility index (Phi) is 3.69. The first-order valence-corrected chi connectivity index (χ1v) is 5.89. The molecule has 5 nitrogen and oxygen atoms in total. The Balaban J connectivity index is 2.28. The highest BCUT2D eigenvalue weighted by atomic mass is 19.1. The highest BCUT2D eigenvalue weighted by Crippen LogP contribution is 2.28. The predicted octanol–water partition coefficient (Wildman–Crippen LogP) is 1.66. The number of rotatable bonds is 3. The topological polar surface area (TPSA) is 66.8 Å². The van der Waals surface area contributed by atoms with Crippen LogP contribution in [0.4, 0.5) is 10.1 Å². The Hall–Kier alpha value is -2.11. The number of halogens is 1. The molecular weight excluding hydrogens is 253 g/mol. The lowest BCUT2D eigenvalue weighted by atomic mass is 9.97. The molecule has 0 aromatic heterocycles. The van der Waals surface area contributed by atoms with Crippen LogP contribution in [-0.2, 0) is 9.59 Å². The lowest BCUT2D eigenvalue weighted by molar-refractivity contribution is -0.142. The molecule has 0 radical (unpaired) electrons. The van der Waals surface area contributed by atoms with Crippen LogP contribution in [0.3, 0.4) is 0 Å². The zero-order valence-corrected chi connectivity index (χ0v) is 10.4. The van der Waals surface area contributed by atoms with E-state index >= 15 is 0 Å². The number of carbonyl (C=O) groups is 2. The van der Waals surface area contributed by atoms with E-state index in [1.54, 1.807) is 0 Å². The lowest BCUT2D eigenvalue weighted by Gasteiger charge is -2.30. The Labute approximate surface area is 109 Å². The van der Waals surface area contributed by atoms with Crippen molar-refractivity contribution in [1.29, 1.82) is 0 Å². The summed E-state index contributed by atoms with van der Waals surface area (Å²) in [6, 6.07) is 4.04. The summed E-state index contributed by atoms with van der Waals surface area (Å²) >= 11 is 0. The molecule has 1 aliphatic rings. The monoisotopic (exact) mass is 267 g/mol. The van der Waals surface area contributed by atoms with Crippen molar-refractivity contribution < 1.29 is 23.8 Å². The average molecular weight is 267 g/mol. The number of ether oxygens (including phenoxy) is 1. The van der Waals surface area contributed by atoms with Gasteiger partial charge in [0, 0.05) is 24.7 Å². The molecule has 0 aliphatic carbocycles. The smallest absolute Gasteiger partial charge is 0.308 e. The van der Waals surface area contributed by atoms with Gasteiger partial charge in [-0.3, -0.25) is 9.59 Å². The number of piperidine rings is 1. The van der Waals surface area contributed by atoms with Gasteiger partial charge in [0.2, 0.25) is 5.91 Å². The van der Waals surface area contributed by atoms with E-state index in [1.165, 1.54) is 30.2 Å². The van der Waals surface area contributed by atoms with Gasteiger partial charge in [0.15, 0.2) is 11.6 Å². The molecule has 1 aromatic rings. The molecule has 1 unspecified atom stereocenters. The van der Waals surface area contributed by atoms with Gasteiger partial charge in [-0.05, 0) is 18.6 Å². The Morgan fingerprint density at radius 2 is 2.26 bits per heavy atom. The summed E-state index contributed by atoms with van der Waals surface area (Å²) < 4.78 is 18.2. The Morgan fingerprint density at radius 1 is 1.53 bits per heavy atom. The summed E-state index contributed by atoms with van der Waals surface area (Å²) in [6.07, 6.45) is 0.514. The van der Waals surface area contributed by atoms with Crippen LogP contribution in [0.25, 0.3) is 0 Å². The van der Waals surface area contributed by atoms with Crippen molar-refractivity contribution in [2.45, 2.75) is 12.8 Å². The Morgan fingerprint density at radius 3 is 2.89 bits per heavy atom. The number of carboxylic acid groups (broad SMARTS) is 1. The van der Waals surface area contributed by atoms with E-state index in [4.69, 9.17) is 9.84 Å². The van der Waals surface area contributed by atoms with Crippen molar-refractivity contribution in [1.82, 2.24) is 0 Å². The molecule has 1 saturated heterocycles. The third-order valence-corrected chi connectivity index (χ3v) is 3.21. The summed E-state index contributed by atoms with van der Waals surface area (Å²) in [4.78, 5) is 24.2. The van der Waals surface area contributed by atoms with Crippen molar-refractivity contribution in [3.63, 3.8) is 0 Å². The van der Waals surface area contributed by atoms with E-state index < -0.39 is 17.7 Å². The van der Waals surface area contributed by atoms with E-state index in [1.807, 2.05) is 0 Å². The minimum absolute atomic E-state index is 0.0303. The summed E-state index contributed by atoms with van der Waals surface area (Å²) in [5.74, 6) is -2.17. The highest BCUT2D eigenvalue weighted by molar-refractivity contribution is 5.95. The molecule has 1 N–H and O–H groups in total. The van der Waals surface area contributed by atoms with Gasteiger partial charge in [0.25, 0.3) is 0 Å². The number of anilines is 1. The minimum Gasteiger partial charge on any atom is -0.494 e. The number of nitrogens with zero attached hydrogens (tertiary/aromatic N) is 1. The first-order chi connectivity index (χ1) is 9.02. The number of aliphatic carboxylic acids is 1. The molecule has 1 aromatic carbocycles. The molecule has 19 heavy (non-hydrogen) atoms. The predicted molar refractivity (Wildman–Crippen MR) is 65.7 cm³/mol. The fourth-order valence-electron chi connectivity index (χ4n) is 2.11. The summed E-state index contributed by atoms with van der Waals surface area (Å²) in [5.41, 5.74) is 0.453. The molecule has 1 heterocycles. The zero-order chi connectivity index (χ0) is 14.0. The van der Waals surface area contributed by atoms with Crippen molar-refractivity contribution >= 4 is 17.6 Å². The number of hydrogen-bond acceptors (Lipinski definition) is 3. The molecule has 0 bridgehead atoms. The third-order valence-electron chi connectivity index (χ3n) is 3.21. The van der Waals surface area contributed by atoms with Gasteiger partial charge >= 0.3 is 5.97 Å². The molecule has 1 fully saturated rings. The molecule has 2 rings (SSSR count). The number of amides is 1. The first kappa shape index (κ1) is 13.3. The lowest BCUT2D eigenvalue weighted by Crippen LogP contribution is -2.42. The van der Waals surface area contributed by atoms with Gasteiger partial charge in [0.05, 0.1) is 13.0 Å². The van der Waals surface area contributed by atoms with E-state index in [0.29, 0.717) is 12.1 Å². The molecule has 0 saturated carbocycles. The van der Waals surface area contributed by atoms with Crippen LogP contribution in [0.5, 0.6) is 5.75 Å². The van der Waals surface area contributed by atoms with Crippen LogP contribution in [0.15, 0.2) is 18.2 Å². The normalized spacial score (nSPS) is 19.4. The maximum Gasteiger partial charge on any atom is 0.308 e. The van der Waals surface area contributed by atoms with Crippen LogP contribution < -0.4 is 9.64 Å². The second kappa shape index (κ2) is 5.26. The second-order valence-corrected chi connectivity index (χ2v) is 4.40. The maximum absolute atomic E-state index is 13.3. The largest absolute Gasteiger partial charge is 0.494 e. The van der Waals surface area contributed by atoms with Crippen LogP contribution in [0.2, 0.25) is 0 Å². The van der Waals surface area contributed by atoms with Crippen molar-refractivity contribution in [3.8, 4) is 5.75 Å². The standard InChI is InChI=1S/C13H14FNO4/c1-19-11-6-9(3-4-10(11)14)15-7-8(13(17)18)2-5-12(15)16/h3-4,6,8H,2,5,7H2,1H3,(H,17,18). The van der Waals surface area contributed by atoms with Crippen LogP contribution >= 0.6 is 0 Å². The number of hydrogen-bond donors (Lipinski definition) is 1. The van der Waals surface area contributed by atoms with Gasteiger partial charge in [-0.2, -0.15) is 0 Å². The molecule has 1 atom stereocenters. The average Bonchev–Trinajstić information content (AvgIpc) is 2.40. The molecule has 1 aliphatic heterocycles. The van der Waals surface area contributed by atoms with E-state index in [0.717, 1.165) is 0 Å². The number of methoxy groups -OCH3 is 1. The van der Waals surface area contributed by atoms with Gasteiger partial charge in [-0.1, -0.05) is 0 Å². The van der Waals surface area contributed by atoms with Gasteiger partial charge in [-0.15, -0.1) is 0 Å². The van der Waals surface area contributed by atoms with E-state index in [9.17, 15) is 14.0 Å². The molecule has 102 valence electrons. The number of carboxylic acids is 1. The fourth-order valence-corrected chi connectivity index (χ4v) is 2.11. The highest BCUT2D eigenvalue weighted by Gasteiger charge is 2.31. The molecule has 1 amide bonds. The summed E-state index contributed by atoms with van der Waals surface area (Å²) in [6.45, 7) is 0.100. The number of benzene rings is 1. The van der Waals surface area contributed by atoms with Crippen molar-refractivity contribution in [2.24, 2.45) is 5.92 Å². The molecular formula is C13H14FNO4. The quantitative estimate of drug-likeness (QED) is 0.904. The van der Waals surface area contributed by atoms with Crippen LogP contribution in [0, 0.1) is 11.7 Å². The van der Waals surface area contributed by atoms with Crippen LogP contribution in [0.1, 0.15) is 12.8 Å².